The Morgan fingerprint density at radius 1 is 1.24 bits per heavy atom. The van der Waals surface area contributed by atoms with E-state index in [1.54, 1.807) is 31.4 Å². The third-order valence-electron chi connectivity index (χ3n) is 4.68. The maximum absolute atomic E-state index is 12.7. The molecule has 0 aromatic heterocycles. The molecule has 1 aromatic rings. The Morgan fingerprint density at radius 2 is 1.92 bits per heavy atom. The fraction of sp³-hybridized carbons (Fsp3) is 0.579. The molecule has 1 fully saturated rings. The van der Waals surface area contributed by atoms with Crippen LogP contribution in [0.2, 0.25) is 0 Å². The summed E-state index contributed by atoms with van der Waals surface area (Å²) in [5, 5.41) is 9.32. The van der Waals surface area contributed by atoms with Crippen molar-refractivity contribution in [1.82, 2.24) is 16.0 Å². The number of carbonyl (C=O) groups excluding carboxylic acids is 2. The van der Waals surface area contributed by atoms with Gasteiger partial charge in [0, 0.05) is 17.6 Å². The van der Waals surface area contributed by atoms with Gasteiger partial charge in [0.25, 0.3) is 5.91 Å². The number of nitrogens with one attached hydrogen (secondary N) is 3. The molecular formula is C19H29N3O3. The van der Waals surface area contributed by atoms with Crippen LogP contribution in [0, 0.1) is 5.92 Å². The molecule has 0 saturated carbocycles. The minimum Gasteiger partial charge on any atom is -0.497 e. The molecule has 6 heteroatoms. The van der Waals surface area contributed by atoms with E-state index in [4.69, 9.17) is 4.74 Å². The van der Waals surface area contributed by atoms with E-state index in [1.165, 1.54) is 0 Å². The van der Waals surface area contributed by atoms with Gasteiger partial charge in [0.05, 0.1) is 7.11 Å². The first kappa shape index (κ1) is 19.2. The summed E-state index contributed by atoms with van der Waals surface area (Å²) in [6, 6.07) is 6.61. The summed E-state index contributed by atoms with van der Waals surface area (Å²) >= 11 is 0. The van der Waals surface area contributed by atoms with E-state index >= 15 is 0 Å². The van der Waals surface area contributed by atoms with Gasteiger partial charge in [0.2, 0.25) is 5.91 Å². The van der Waals surface area contributed by atoms with Crippen LogP contribution in [0.5, 0.6) is 5.75 Å². The highest BCUT2D eigenvalue weighted by Gasteiger charge is 2.29. The van der Waals surface area contributed by atoms with Crippen LogP contribution >= 0.6 is 0 Å². The van der Waals surface area contributed by atoms with Crippen LogP contribution < -0.4 is 20.7 Å². The first-order valence-corrected chi connectivity index (χ1v) is 8.91. The Kier molecular flexibility index (Phi) is 6.82. The molecule has 1 heterocycles. The summed E-state index contributed by atoms with van der Waals surface area (Å²) in [5.74, 6) is 0.297. The topological polar surface area (TPSA) is 79.5 Å². The Morgan fingerprint density at radius 3 is 2.48 bits per heavy atom. The molecule has 0 bridgehead atoms. The van der Waals surface area contributed by atoms with Gasteiger partial charge in [-0.3, -0.25) is 9.59 Å². The molecule has 1 aliphatic heterocycles. The van der Waals surface area contributed by atoms with Crippen molar-refractivity contribution in [3.05, 3.63) is 29.8 Å². The standard InChI is InChI=1S/C19H29N3O3/c1-12(2)17(19(24)21-16-6-5-11-20-13(16)3)22-18(23)14-7-9-15(25-4)10-8-14/h7-10,12-13,16-17,20H,5-6,11H2,1-4H3,(H,21,24)(H,22,23). The van der Waals surface area contributed by atoms with Gasteiger partial charge >= 0.3 is 0 Å². The molecule has 3 N–H and O–H groups in total. The van der Waals surface area contributed by atoms with Crippen LogP contribution in [0.15, 0.2) is 24.3 Å². The van der Waals surface area contributed by atoms with Gasteiger partial charge in [0.1, 0.15) is 11.8 Å². The maximum atomic E-state index is 12.7. The van der Waals surface area contributed by atoms with E-state index in [-0.39, 0.29) is 29.8 Å². The lowest BCUT2D eigenvalue weighted by Crippen LogP contribution is -2.57. The van der Waals surface area contributed by atoms with E-state index in [0.29, 0.717) is 11.3 Å². The summed E-state index contributed by atoms with van der Waals surface area (Å²) in [6.45, 7) is 6.92. The Hall–Kier alpha value is -2.08. The number of hydrogen-bond donors (Lipinski definition) is 3. The summed E-state index contributed by atoms with van der Waals surface area (Å²) in [4.78, 5) is 25.2. The molecular weight excluding hydrogens is 318 g/mol. The van der Waals surface area contributed by atoms with Crippen molar-refractivity contribution in [2.45, 2.75) is 51.7 Å². The number of benzene rings is 1. The molecule has 2 amide bonds. The second kappa shape index (κ2) is 8.85. The van der Waals surface area contributed by atoms with Gasteiger partial charge in [-0.1, -0.05) is 13.8 Å². The fourth-order valence-corrected chi connectivity index (χ4v) is 3.02. The van der Waals surface area contributed by atoms with Gasteiger partial charge in [-0.2, -0.15) is 0 Å². The van der Waals surface area contributed by atoms with Gasteiger partial charge in [0.15, 0.2) is 0 Å². The SMILES string of the molecule is COc1ccc(C(=O)NC(C(=O)NC2CCCNC2C)C(C)C)cc1. The second-order valence-corrected chi connectivity index (χ2v) is 6.92. The smallest absolute Gasteiger partial charge is 0.251 e. The summed E-state index contributed by atoms with van der Waals surface area (Å²) in [6.07, 6.45) is 2.00. The first-order valence-electron chi connectivity index (χ1n) is 8.91. The number of carbonyl (C=O) groups is 2. The molecule has 2 rings (SSSR count). The summed E-state index contributed by atoms with van der Waals surface area (Å²) < 4.78 is 5.10. The minimum absolute atomic E-state index is 0.00551. The zero-order chi connectivity index (χ0) is 18.4. The average Bonchev–Trinajstić information content (AvgIpc) is 2.61. The molecule has 138 valence electrons. The molecule has 25 heavy (non-hydrogen) atoms. The molecule has 3 atom stereocenters. The van der Waals surface area contributed by atoms with Crippen LogP contribution in [-0.2, 0) is 4.79 Å². The molecule has 1 aliphatic rings. The quantitative estimate of drug-likeness (QED) is 0.732. The van der Waals surface area contributed by atoms with Crippen LogP contribution in [0.4, 0.5) is 0 Å². The normalized spacial score (nSPS) is 21.5. The molecule has 0 spiro atoms. The van der Waals surface area contributed by atoms with Crippen molar-refractivity contribution < 1.29 is 14.3 Å². The van der Waals surface area contributed by atoms with Crippen LogP contribution in [-0.4, -0.2) is 43.6 Å². The average molecular weight is 347 g/mol. The monoisotopic (exact) mass is 347 g/mol. The predicted molar refractivity (Wildman–Crippen MR) is 97.7 cm³/mol. The van der Waals surface area contributed by atoms with Crippen molar-refractivity contribution in [2.24, 2.45) is 5.92 Å². The minimum atomic E-state index is -0.566. The van der Waals surface area contributed by atoms with Crippen molar-refractivity contribution >= 4 is 11.8 Å². The zero-order valence-corrected chi connectivity index (χ0v) is 15.5. The van der Waals surface area contributed by atoms with E-state index in [9.17, 15) is 9.59 Å². The molecule has 1 saturated heterocycles. The summed E-state index contributed by atoms with van der Waals surface area (Å²) in [7, 11) is 1.58. The van der Waals surface area contributed by atoms with Crippen molar-refractivity contribution in [2.75, 3.05) is 13.7 Å². The number of piperidine rings is 1. The predicted octanol–water partition coefficient (Wildman–Crippen LogP) is 1.71. The third kappa shape index (κ3) is 5.19. The second-order valence-electron chi connectivity index (χ2n) is 6.92. The van der Waals surface area contributed by atoms with Crippen molar-refractivity contribution in [3.63, 3.8) is 0 Å². The lowest BCUT2D eigenvalue weighted by atomic mass is 9.97. The maximum Gasteiger partial charge on any atom is 0.251 e. The molecule has 1 aromatic carbocycles. The van der Waals surface area contributed by atoms with Gasteiger partial charge in [-0.05, 0) is 56.5 Å². The number of hydrogen-bond acceptors (Lipinski definition) is 4. The van der Waals surface area contributed by atoms with Crippen LogP contribution in [0.25, 0.3) is 0 Å². The third-order valence-corrected chi connectivity index (χ3v) is 4.68. The highest BCUT2D eigenvalue weighted by Crippen LogP contribution is 2.13. The van der Waals surface area contributed by atoms with Gasteiger partial charge in [-0.25, -0.2) is 0 Å². The number of amides is 2. The number of rotatable bonds is 6. The van der Waals surface area contributed by atoms with E-state index in [2.05, 4.69) is 22.9 Å². The lowest BCUT2D eigenvalue weighted by Gasteiger charge is -2.32. The van der Waals surface area contributed by atoms with Gasteiger partial charge < -0.3 is 20.7 Å². The summed E-state index contributed by atoms with van der Waals surface area (Å²) in [5.41, 5.74) is 0.506. The first-order chi connectivity index (χ1) is 11.9. The molecule has 0 aliphatic carbocycles. The highest BCUT2D eigenvalue weighted by molar-refractivity contribution is 5.97. The van der Waals surface area contributed by atoms with E-state index in [1.807, 2.05) is 13.8 Å². The van der Waals surface area contributed by atoms with Gasteiger partial charge in [-0.15, -0.1) is 0 Å². The Labute approximate surface area is 149 Å². The largest absolute Gasteiger partial charge is 0.497 e. The van der Waals surface area contributed by atoms with E-state index < -0.39 is 6.04 Å². The molecule has 3 unspecified atom stereocenters. The van der Waals surface area contributed by atoms with E-state index in [0.717, 1.165) is 19.4 Å². The van der Waals surface area contributed by atoms with Crippen molar-refractivity contribution in [1.29, 1.82) is 0 Å². The fourth-order valence-electron chi connectivity index (χ4n) is 3.02. The zero-order valence-electron chi connectivity index (χ0n) is 15.5. The molecule has 6 nitrogen and oxygen atoms in total. The molecule has 0 radical (unpaired) electrons. The van der Waals surface area contributed by atoms with Crippen molar-refractivity contribution in [3.8, 4) is 5.75 Å². The Balaban J connectivity index is 2.01. The highest BCUT2D eigenvalue weighted by atomic mass is 16.5. The number of methoxy groups -OCH3 is 1. The lowest BCUT2D eigenvalue weighted by molar-refractivity contribution is -0.125. The van der Waals surface area contributed by atoms with Crippen LogP contribution in [0.3, 0.4) is 0 Å². The van der Waals surface area contributed by atoms with Crippen LogP contribution in [0.1, 0.15) is 44.0 Å². The number of ether oxygens (including phenoxy) is 1. The Bertz CT molecular complexity index is 586.